The summed E-state index contributed by atoms with van der Waals surface area (Å²) in [5.41, 5.74) is 0.195. The number of carbonyl (C=O) groups is 1. The van der Waals surface area contributed by atoms with Crippen molar-refractivity contribution in [3.8, 4) is 28.4 Å². The van der Waals surface area contributed by atoms with Crippen LogP contribution >= 0.6 is 0 Å². The third-order valence-electron chi connectivity index (χ3n) is 2.88. The predicted molar refractivity (Wildman–Crippen MR) is 72.2 cm³/mol. The Morgan fingerprint density at radius 3 is 2.36 bits per heavy atom. The lowest BCUT2D eigenvalue weighted by Crippen LogP contribution is -2.17. The quantitative estimate of drug-likeness (QED) is 0.873. The van der Waals surface area contributed by atoms with Crippen molar-refractivity contribution >= 4 is 6.29 Å². The molecule has 0 aliphatic rings. The third kappa shape index (κ3) is 3.30. The van der Waals surface area contributed by atoms with Gasteiger partial charge in [-0.3, -0.25) is 4.79 Å². The van der Waals surface area contributed by atoms with E-state index in [0.717, 1.165) is 12.1 Å². The molecule has 2 rings (SSSR count). The molecule has 7 heteroatoms. The Bertz CT molecular complexity index is 696. The maximum atomic E-state index is 12.5. The molecule has 4 nitrogen and oxygen atoms in total. The summed E-state index contributed by atoms with van der Waals surface area (Å²) in [6.07, 6.45) is -4.41. The van der Waals surface area contributed by atoms with Crippen molar-refractivity contribution in [2.45, 2.75) is 6.36 Å². The van der Waals surface area contributed by atoms with Crippen LogP contribution in [0.15, 0.2) is 36.4 Å². The minimum absolute atomic E-state index is 0.0277. The van der Waals surface area contributed by atoms with Crippen molar-refractivity contribution in [2.24, 2.45) is 0 Å². The Labute approximate surface area is 123 Å². The van der Waals surface area contributed by atoms with E-state index in [9.17, 15) is 23.1 Å². The summed E-state index contributed by atoms with van der Waals surface area (Å²) >= 11 is 0. The zero-order valence-corrected chi connectivity index (χ0v) is 11.3. The van der Waals surface area contributed by atoms with Crippen LogP contribution in [0, 0.1) is 0 Å². The molecule has 2 aromatic rings. The molecule has 0 radical (unpaired) electrons. The molecule has 0 aromatic heterocycles. The van der Waals surface area contributed by atoms with Crippen molar-refractivity contribution in [2.75, 3.05) is 7.11 Å². The number of aldehydes is 1. The first-order chi connectivity index (χ1) is 10.4. The number of halogens is 3. The molecule has 0 heterocycles. The molecule has 0 aliphatic heterocycles. The Hall–Kier alpha value is -2.70. The number of methoxy groups -OCH3 is 1. The first-order valence-electron chi connectivity index (χ1n) is 6.07. The Morgan fingerprint density at radius 2 is 1.77 bits per heavy atom. The first-order valence-corrected chi connectivity index (χ1v) is 6.07. The molecule has 22 heavy (non-hydrogen) atoms. The van der Waals surface area contributed by atoms with Crippen LogP contribution in [0.2, 0.25) is 0 Å². The van der Waals surface area contributed by atoms with Gasteiger partial charge in [0.05, 0.1) is 7.11 Å². The number of aromatic hydroxyl groups is 1. The van der Waals surface area contributed by atoms with E-state index >= 15 is 0 Å². The van der Waals surface area contributed by atoms with Crippen LogP contribution in [-0.4, -0.2) is 24.9 Å². The van der Waals surface area contributed by atoms with Gasteiger partial charge in [-0.15, -0.1) is 13.2 Å². The van der Waals surface area contributed by atoms with Gasteiger partial charge in [-0.1, -0.05) is 18.2 Å². The summed E-state index contributed by atoms with van der Waals surface area (Å²) in [5.74, 6) is -0.729. The van der Waals surface area contributed by atoms with E-state index in [-0.39, 0.29) is 28.2 Å². The highest BCUT2D eigenvalue weighted by atomic mass is 19.4. The van der Waals surface area contributed by atoms with E-state index in [4.69, 9.17) is 4.74 Å². The summed E-state index contributed by atoms with van der Waals surface area (Å²) in [5, 5.41) is 9.79. The van der Waals surface area contributed by atoms with Crippen LogP contribution in [-0.2, 0) is 0 Å². The lowest BCUT2D eigenvalue weighted by atomic mass is 9.98. The van der Waals surface area contributed by atoms with Crippen molar-refractivity contribution in [1.29, 1.82) is 0 Å². The van der Waals surface area contributed by atoms with Gasteiger partial charge in [-0.05, 0) is 23.8 Å². The first kappa shape index (κ1) is 15.7. The molecule has 0 fully saturated rings. The molecule has 0 bridgehead atoms. The Kier molecular flexibility index (Phi) is 4.25. The third-order valence-corrected chi connectivity index (χ3v) is 2.88. The highest BCUT2D eigenvalue weighted by Gasteiger charge is 2.32. The molecular formula is C15H11F3O4. The number of ether oxygens (including phenoxy) is 2. The number of phenols is 1. The van der Waals surface area contributed by atoms with Crippen LogP contribution in [0.1, 0.15) is 10.4 Å². The number of rotatable bonds is 4. The SMILES string of the molecule is COc1cc(C=O)c(-c2ccccc2OC(F)(F)F)cc1O. The number of carbonyl (C=O) groups excluding carboxylic acids is 1. The van der Waals surface area contributed by atoms with Gasteiger partial charge in [0.15, 0.2) is 17.8 Å². The van der Waals surface area contributed by atoms with E-state index in [2.05, 4.69) is 4.74 Å². The van der Waals surface area contributed by atoms with Gasteiger partial charge in [0.1, 0.15) is 5.75 Å². The highest BCUT2D eigenvalue weighted by molar-refractivity contribution is 5.91. The second-order valence-corrected chi connectivity index (χ2v) is 4.27. The normalized spacial score (nSPS) is 11.1. The molecular weight excluding hydrogens is 301 g/mol. The van der Waals surface area contributed by atoms with Gasteiger partial charge in [0, 0.05) is 11.1 Å². The number of benzene rings is 2. The molecule has 0 saturated carbocycles. The fourth-order valence-corrected chi connectivity index (χ4v) is 1.98. The maximum Gasteiger partial charge on any atom is 0.573 e. The Balaban J connectivity index is 2.62. The molecule has 116 valence electrons. The number of hydrogen-bond acceptors (Lipinski definition) is 4. The molecule has 1 N–H and O–H groups in total. The zero-order valence-electron chi connectivity index (χ0n) is 11.3. The van der Waals surface area contributed by atoms with Crippen LogP contribution < -0.4 is 9.47 Å². The van der Waals surface area contributed by atoms with E-state index in [0.29, 0.717) is 6.29 Å². The van der Waals surface area contributed by atoms with Gasteiger partial charge >= 0.3 is 6.36 Å². The monoisotopic (exact) mass is 312 g/mol. The minimum Gasteiger partial charge on any atom is -0.504 e. The van der Waals surface area contributed by atoms with Crippen LogP contribution in [0.25, 0.3) is 11.1 Å². The fraction of sp³-hybridized carbons (Fsp3) is 0.133. The minimum atomic E-state index is -4.87. The summed E-state index contributed by atoms with van der Waals surface area (Å²) in [6.45, 7) is 0. The predicted octanol–water partition coefficient (Wildman–Crippen LogP) is 3.78. The smallest absolute Gasteiger partial charge is 0.504 e. The molecule has 2 aromatic carbocycles. The summed E-state index contributed by atoms with van der Waals surface area (Å²) in [7, 11) is 1.30. The molecule has 0 atom stereocenters. The number of para-hydroxylation sites is 1. The van der Waals surface area contributed by atoms with Crippen molar-refractivity contribution in [3.05, 3.63) is 42.0 Å². The van der Waals surface area contributed by atoms with Crippen molar-refractivity contribution < 1.29 is 32.5 Å². The Morgan fingerprint density at radius 1 is 1.09 bits per heavy atom. The van der Waals surface area contributed by atoms with Crippen LogP contribution in [0.3, 0.4) is 0 Å². The summed E-state index contributed by atoms with van der Waals surface area (Å²) in [6, 6.07) is 7.74. The summed E-state index contributed by atoms with van der Waals surface area (Å²) in [4.78, 5) is 11.2. The zero-order chi connectivity index (χ0) is 16.3. The van der Waals surface area contributed by atoms with E-state index < -0.39 is 12.1 Å². The number of alkyl halides is 3. The highest BCUT2D eigenvalue weighted by Crippen LogP contribution is 2.39. The second kappa shape index (κ2) is 5.97. The van der Waals surface area contributed by atoms with Crippen LogP contribution in [0.5, 0.6) is 17.2 Å². The van der Waals surface area contributed by atoms with E-state index in [1.54, 1.807) is 0 Å². The molecule has 0 saturated heterocycles. The van der Waals surface area contributed by atoms with Gasteiger partial charge in [-0.25, -0.2) is 0 Å². The van der Waals surface area contributed by atoms with E-state index in [1.165, 1.54) is 31.4 Å². The average Bonchev–Trinajstić information content (AvgIpc) is 2.46. The molecule has 0 aliphatic carbocycles. The molecule has 0 spiro atoms. The van der Waals surface area contributed by atoms with E-state index in [1.807, 2.05) is 0 Å². The van der Waals surface area contributed by atoms with Gasteiger partial charge < -0.3 is 14.6 Å². The lowest BCUT2D eigenvalue weighted by Gasteiger charge is -2.15. The van der Waals surface area contributed by atoms with Crippen molar-refractivity contribution in [1.82, 2.24) is 0 Å². The lowest BCUT2D eigenvalue weighted by molar-refractivity contribution is -0.274. The van der Waals surface area contributed by atoms with Gasteiger partial charge in [-0.2, -0.15) is 0 Å². The average molecular weight is 312 g/mol. The summed E-state index contributed by atoms with van der Waals surface area (Å²) < 4.78 is 46.2. The number of phenolic OH excluding ortho intramolecular Hbond substituents is 1. The van der Waals surface area contributed by atoms with Gasteiger partial charge in [0.2, 0.25) is 0 Å². The largest absolute Gasteiger partial charge is 0.573 e. The topological polar surface area (TPSA) is 55.8 Å². The van der Waals surface area contributed by atoms with Crippen molar-refractivity contribution in [3.63, 3.8) is 0 Å². The number of hydrogen-bond donors (Lipinski definition) is 1. The maximum absolute atomic E-state index is 12.5. The standard InChI is InChI=1S/C15H11F3O4/c1-21-14-6-9(8-19)11(7-12(14)20)10-4-2-3-5-13(10)22-15(16,17)18/h2-8,20H,1H3. The molecule has 0 amide bonds. The van der Waals surface area contributed by atoms with Gasteiger partial charge in [0.25, 0.3) is 0 Å². The fourth-order valence-electron chi connectivity index (χ4n) is 1.98. The molecule has 0 unspecified atom stereocenters. The second-order valence-electron chi connectivity index (χ2n) is 4.27. The van der Waals surface area contributed by atoms with Crippen LogP contribution in [0.4, 0.5) is 13.2 Å².